The monoisotopic (exact) mass is 504 g/mol. The molecule has 4 rings (SSSR count). The number of carbonyl (C=O) groups is 3. The number of hydrogen-bond acceptors (Lipinski definition) is 6. The van der Waals surface area contributed by atoms with E-state index in [4.69, 9.17) is 4.74 Å². The number of Topliss-reactive ketones (excluding diaryl/α,β-unsaturated/α-hetero) is 1. The topological polar surface area (TPSA) is 101 Å². The molecule has 3 saturated carbocycles. The lowest BCUT2D eigenvalue weighted by molar-refractivity contribution is -0.228. The Morgan fingerprint density at radius 3 is 2.58 bits per heavy atom. The molecule has 4 aliphatic carbocycles. The van der Waals surface area contributed by atoms with Crippen LogP contribution in [0.2, 0.25) is 0 Å². The number of hydrogen-bond donors (Lipinski definition) is 2. The summed E-state index contributed by atoms with van der Waals surface area (Å²) >= 11 is 0. The van der Waals surface area contributed by atoms with Crippen LogP contribution in [-0.2, 0) is 19.1 Å². The lowest BCUT2D eigenvalue weighted by Crippen LogP contribution is -2.70. The van der Waals surface area contributed by atoms with Crippen molar-refractivity contribution in [3.8, 4) is 0 Å². The Bertz CT molecular complexity index is 988. The lowest BCUT2D eigenvalue weighted by atomic mass is 9.44. The van der Waals surface area contributed by atoms with Crippen molar-refractivity contribution in [3.05, 3.63) is 23.8 Å². The number of halogens is 1. The summed E-state index contributed by atoms with van der Waals surface area (Å²) in [4.78, 5) is 38.5. The third kappa shape index (κ3) is 3.59. The number of fused-ring (bicyclic) bond motifs is 5. The highest BCUT2D eigenvalue weighted by Gasteiger charge is 2.77. The van der Waals surface area contributed by atoms with Crippen molar-refractivity contribution in [2.75, 3.05) is 6.61 Å². The minimum Gasteiger partial charge on any atom is -0.450 e. The van der Waals surface area contributed by atoms with E-state index in [1.165, 1.54) is 12.2 Å². The van der Waals surface area contributed by atoms with Crippen molar-refractivity contribution in [2.45, 2.75) is 103 Å². The minimum absolute atomic E-state index is 0.0749. The van der Waals surface area contributed by atoms with E-state index in [-0.39, 0.29) is 24.5 Å². The van der Waals surface area contributed by atoms with Gasteiger partial charge in [-0.05, 0) is 57.1 Å². The van der Waals surface area contributed by atoms with Crippen LogP contribution in [0.1, 0.15) is 85.5 Å². The summed E-state index contributed by atoms with van der Waals surface area (Å²) in [5.41, 5.74) is -5.11. The standard InChI is InChI=1S/C29H41FO6/c1-5-6-7-8-9-25(35)36-29(24(34)17-31)18(2)14-22-21-11-10-19-15-20(32)12-13-26(19,3)28(21,30)23(33)16-27(22,29)4/h12-13,15,18,21-23,31,33H,5-11,14,16-17H2,1-4H3. The Labute approximate surface area is 213 Å². The van der Waals surface area contributed by atoms with Gasteiger partial charge in [0.25, 0.3) is 0 Å². The van der Waals surface area contributed by atoms with E-state index in [9.17, 15) is 24.6 Å². The number of esters is 1. The Hall–Kier alpha value is -1.86. The van der Waals surface area contributed by atoms with E-state index >= 15 is 4.39 Å². The Balaban J connectivity index is 1.72. The molecule has 0 spiro atoms. The Morgan fingerprint density at radius 1 is 1.19 bits per heavy atom. The van der Waals surface area contributed by atoms with E-state index in [0.29, 0.717) is 31.3 Å². The zero-order valence-corrected chi connectivity index (χ0v) is 22.0. The van der Waals surface area contributed by atoms with E-state index in [1.54, 1.807) is 13.0 Å². The van der Waals surface area contributed by atoms with Crippen molar-refractivity contribution >= 4 is 17.5 Å². The quantitative estimate of drug-likeness (QED) is 0.375. The summed E-state index contributed by atoms with van der Waals surface area (Å²) in [5.74, 6) is -2.60. The first kappa shape index (κ1) is 27.2. The van der Waals surface area contributed by atoms with Gasteiger partial charge in [0.15, 0.2) is 17.1 Å². The van der Waals surface area contributed by atoms with Gasteiger partial charge >= 0.3 is 5.97 Å². The lowest BCUT2D eigenvalue weighted by Gasteiger charge is -2.62. The third-order valence-corrected chi connectivity index (χ3v) is 10.2. The largest absolute Gasteiger partial charge is 0.450 e. The molecule has 0 aromatic carbocycles. The van der Waals surface area contributed by atoms with Crippen LogP contribution in [0, 0.1) is 28.6 Å². The molecule has 200 valence electrons. The van der Waals surface area contributed by atoms with Crippen LogP contribution in [0.25, 0.3) is 0 Å². The van der Waals surface area contributed by atoms with Gasteiger partial charge in [-0.1, -0.05) is 51.7 Å². The predicted octanol–water partition coefficient (Wildman–Crippen LogP) is 4.42. The van der Waals surface area contributed by atoms with Crippen molar-refractivity contribution in [3.63, 3.8) is 0 Å². The number of unbranched alkanes of at least 4 members (excludes halogenated alkanes) is 3. The summed E-state index contributed by atoms with van der Waals surface area (Å²) in [6.07, 6.45) is 8.12. The molecule has 0 radical (unpaired) electrons. The van der Waals surface area contributed by atoms with E-state index in [0.717, 1.165) is 19.3 Å². The number of aliphatic hydroxyl groups is 2. The van der Waals surface area contributed by atoms with Crippen LogP contribution < -0.4 is 0 Å². The summed E-state index contributed by atoms with van der Waals surface area (Å²) in [6.45, 7) is 6.71. The number of ether oxygens (including phenoxy) is 1. The molecular weight excluding hydrogens is 463 g/mol. The van der Waals surface area contributed by atoms with Crippen LogP contribution in [0.3, 0.4) is 0 Å². The first-order chi connectivity index (χ1) is 16.9. The average Bonchev–Trinajstić information content (AvgIpc) is 3.04. The molecule has 0 aromatic heterocycles. The highest BCUT2D eigenvalue weighted by atomic mass is 19.1. The van der Waals surface area contributed by atoms with Gasteiger partial charge in [0.1, 0.15) is 6.61 Å². The molecule has 0 amide bonds. The molecule has 0 aromatic rings. The highest BCUT2D eigenvalue weighted by molar-refractivity contribution is 6.01. The minimum atomic E-state index is -2.03. The van der Waals surface area contributed by atoms with Crippen LogP contribution in [0.15, 0.2) is 23.8 Å². The van der Waals surface area contributed by atoms with Gasteiger partial charge in [0.05, 0.1) is 6.10 Å². The summed E-state index contributed by atoms with van der Waals surface area (Å²) in [5, 5.41) is 21.5. The molecule has 4 aliphatic rings. The second kappa shape index (κ2) is 9.46. The normalized spacial score (nSPS) is 43.3. The van der Waals surface area contributed by atoms with Crippen molar-refractivity contribution in [2.24, 2.45) is 28.6 Å². The Kier molecular flexibility index (Phi) is 7.15. The maximum Gasteiger partial charge on any atom is 0.306 e. The molecule has 0 heterocycles. The molecule has 2 N–H and O–H groups in total. The molecule has 7 heteroatoms. The van der Waals surface area contributed by atoms with Crippen LogP contribution in [0.4, 0.5) is 4.39 Å². The fourth-order valence-corrected chi connectivity index (χ4v) is 8.44. The first-order valence-electron chi connectivity index (χ1n) is 13.6. The van der Waals surface area contributed by atoms with E-state index in [2.05, 4.69) is 6.92 Å². The average molecular weight is 505 g/mol. The van der Waals surface area contributed by atoms with Crippen molar-refractivity contribution in [1.82, 2.24) is 0 Å². The maximum absolute atomic E-state index is 17.3. The summed E-state index contributed by atoms with van der Waals surface area (Å²) in [7, 11) is 0. The molecule has 36 heavy (non-hydrogen) atoms. The van der Waals surface area contributed by atoms with Crippen LogP contribution in [-0.4, -0.2) is 51.7 Å². The predicted molar refractivity (Wildman–Crippen MR) is 133 cm³/mol. The molecule has 0 saturated heterocycles. The van der Waals surface area contributed by atoms with Crippen molar-refractivity contribution in [1.29, 1.82) is 0 Å². The number of carbonyl (C=O) groups excluding carboxylic acids is 3. The second-order valence-corrected chi connectivity index (χ2v) is 12.0. The van der Waals surface area contributed by atoms with Gasteiger partial charge in [0.2, 0.25) is 5.78 Å². The molecular formula is C29H41FO6. The third-order valence-electron chi connectivity index (χ3n) is 10.2. The first-order valence-corrected chi connectivity index (χ1v) is 13.6. The van der Waals surface area contributed by atoms with Gasteiger partial charge in [-0.25, -0.2) is 4.39 Å². The zero-order valence-electron chi connectivity index (χ0n) is 22.0. The number of ketones is 2. The molecule has 0 bridgehead atoms. The van der Waals surface area contributed by atoms with Crippen LogP contribution in [0.5, 0.6) is 0 Å². The fourth-order valence-electron chi connectivity index (χ4n) is 8.44. The number of rotatable bonds is 8. The Morgan fingerprint density at radius 2 is 1.92 bits per heavy atom. The van der Waals surface area contributed by atoms with E-state index < -0.39 is 58.4 Å². The number of aliphatic hydroxyl groups excluding tert-OH is 2. The maximum atomic E-state index is 17.3. The van der Waals surface area contributed by atoms with Gasteiger partial charge in [-0.2, -0.15) is 0 Å². The van der Waals surface area contributed by atoms with Crippen molar-refractivity contribution < 1.29 is 33.7 Å². The highest BCUT2D eigenvalue weighted by Crippen LogP contribution is 2.71. The smallest absolute Gasteiger partial charge is 0.306 e. The second-order valence-electron chi connectivity index (χ2n) is 12.0. The molecule has 8 atom stereocenters. The number of allylic oxidation sites excluding steroid dienone is 4. The van der Waals surface area contributed by atoms with Gasteiger partial charge < -0.3 is 14.9 Å². The molecule has 6 nitrogen and oxygen atoms in total. The fraction of sp³-hybridized carbons (Fsp3) is 0.759. The molecule has 0 aliphatic heterocycles. The summed E-state index contributed by atoms with van der Waals surface area (Å²) in [6, 6.07) is 0. The number of alkyl halides is 1. The zero-order chi connectivity index (χ0) is 26.5. The van der Waals surface area contributed by atoms with E-state index in [1.807, 2.05) is 13.8 Å². The summed E-state index contributed by atoms with van der Waals surface area (Å²) < 4.78 is 23.4. The van der Waals surface area contributed by atoms with Crippen LogP contribution >= 0.6 is 0 Å². The SMILES string of the molecule is CCCCCCC(=O)OC1(C(=O)CO)C(C)CC2C3CCC4=CC(=O)C=CC4(C)C3(F)C(O)CC21C. The molecule has 3 fully saturated rings. The van der Waals surface area contributed by atoms with Gasteiger partial charge in [-0.3, -0.25) is 14.4 Å². The van der Waals surface area contributed by atoms with Gasteiger partial charge in [-0.15, -0.1) is 0 Å². The van der Waals surface area contributed by atoms with Gasteiger partial charge in [0, 0.05) is 29.1 Å². The molecule has 8 unspecified atom stereocenters.